The van der Waals surface area contributed by atoms with Crippen LogP contribution in [0.25, 0.3) is 0 Å². The van der Waals surface area contributed by atoms with Gasteiger partial charge in [0.1, 0.15) is 12.0 Å². The van der Waals surface area contributed by atoms with E-state index in [0.29, 0.717) is 37.4 Å². The lowest BCUT2D eigenvalue weighted by molar-refractivity contribution is 0.573. The molecule has 7 nitrogen and oxygen atoms in total. The third-order valence-electron chi connectivity index (χ3n) is 3.78. The molecular weight excluding hydrogens is 278 g/mol. The number of anilines is 3. The zero-order valence-electron chi connectivity index (χ0n) is 12.7. The summed E-state index contributed by atoms with van der Waals surface area (Å²) in [4.78, 5) is 12.7. The van der Waals surface area contributed by atoms with E-state index < -0.39 is 0 Å². The monoisotopic (exact) mass is 299 g/mol. The number of rotatable bonds is 6. The summed E-state index contributed by atoms with van der Waals surface area (Å²) < 4.78 is 0. The fraction of sp³-hybridized carbons (Fsp3) is 0.600. The molecule has 7 heteroatoms. The molecule has 0 aliphatic carbocycles. The van der Waals surface area contributed by atoms with Crippen molar-refractivity contribution in [1.82, 2.24) is 9.97 Å². The topological polar surface area (TPSA) is 106 Å². The molecule has 0 amide bonds. The Hall–Kier alpha value is -2.54. The fourth-order valence-corrected chi connectivity index (χ4v) is 2.68. The van der Waals surface area contributed by atoms with Crippen molar-refractivity contribution in [3.63, 3.8) is 0 Å². The van der Waals surface area contributed by atoms with Crippen molar-refractivity contribution in [2.24, 2.45) is 0 Å². The number of hydrogen-bond donors (Lipinski definition) is 1. The average molecular weight is 299 g/mol. The number of aromatic nitrogens is 2. The first-order valence-corrected chi connectivity index (χ1v) is 7.62. The Morgan fingerprint density at radius 3 is 2.32 bits per heavy atom. The molecule has 1 aliphatic heterocycles. The summed E-state index contributed by atoms with van der Waals surface area (Å²) >= 11 is 0. The van der Waals surface area contributed by atoms with Gasteiger partial charge in [-0.25, -0.2) is 9.97 Å². The molecule has 0 saturated carbocycles. The number of nitrogen functional groups attached to an aromatic ring is 1. The van der Waals surface area contributed by atoms with Gasteiger partial charge in [-0.1, -0.05) is 0 Å². The molecule has 0 bridgehead atoms. The van der Waals surface area contributed by atoms with E-state index in [1.54, 1.807) is 0 Å². The van der Waals surface area contributed by atoms with E-state index in [-0.39, 0.29) is 0 Å². The molecule has 1 saturated heterocycles. The Bertz CT molecular complexity index is 548. The number of nitriles is 2. The first-order valence-electron chi connectivity index (χ1n) is 7.62. The lowest BCUT2D eigenvalue weighted by Gasteiger charge is -2.30. The highest BCUT2D eigenvalue weighted by Crippen LogP contribution is 2.30. The van der Waals surface area contributed by atoms with E-state index >= 15 is 0 Å². The molecule has 1 fully saturated rings. The molecule has 1 aromatic rings. The van der Waals surface area contributed by atoms with Crippen LogP contribution in [0.3, 0.4) is 0 Å². The van der Waals surface area contributed by atoms with Crippen molar-refractivity contribution in [3.05, 3.63) is 6.33 Å². The van der Waals surface area contributed by atoms with Gasteiger partial charge in [0.05, 0.1) is 25.0 Å². The smallest absolute Gasteiger partial charge is 0.157 e. The molecule has 0 unspecified atom stereocenters. The van der Waals surface area contributed by atoms with Crippen molar-refractivity contribution in [2.45, 2.75) is 32.1 Å². The lowest BCUT2D eigenvalue weighted by atomic mass is 10.1. The molecule has 1 aromatic heterocycles. The standard InChI is InChI=1S/C15H21N7/c16-6-4-10-22(11-5-7-17)15-13(18)14(19-12-20-15)21-8-2-1-3-9-21/h12H,1-5,8-11,18H2. The minimum Gasteiger partial charge on any atom is -0.393 e. The zero-order valence-corrected chi connectivity index (χ0v) is 12.7. The van der Waals surface area contributed by atoms with E-state index in [1.165, 1.54) is 12.7 Å². The molecule has 2 rings (SSSR count). The summed E-state index contributed by atoms with van der Waals surface area (Å²) in [5, 5.41) is 17.6. The van der Waals surface area contributed by atoms with E-state index in [9.17, 15) is 0 Å². The maximum absolute atomic E-state index is 8.80. The normalized spacial score (nSPS) is 14.2. The second-order valence-corrected chi connectivity index (χ2v) is 5.29. The van der Waals surface area contributed by atoms with E-state index in [2.05, 4.69) is 27.0 Å². The van der Waals surface area contributed by atoms with Crippen LogP contribution in [0.2, 0.25) is 0 Å². The zero-order chi connectivity index (χ0) is 15.8. The Labute approximate surface area is 131 Å². The van der Waals surface area contributed by atoms with Gasteiger partial charge in [-0.05, 0) is 19.3 Å². The van der Waals surface area contributed by atoms with Crippen LogP contribution < -0.4 is 15.5 Å². The SMILES string of the molecule is N#CCCN(CCC#N)c1ncnc(N2CCCCC2)c1N. The highest BCUT2D eigenvalue weighted by Gasteiger charge is 2.20. The second kappa shape index (κ2) is 8.04. The molecule has 0 atom stereocenters. The first kappa shape index (κ1) is 15.8. The highest BCUT2D eigenvalue weighted by atomic mass is 15.3. The van der Waals surface area contributed by atoms with Gasteiger partial charge in [0.15, 0.2) is 11.6 Å². The summed E-state index contributed by atoms with van der Waals surface area (Å²) in [7, 11) is 0. The highest BCUT2D eigenvalue weighted by molar-refractivity contribution is 5.75. The van der Waals surface area contributed by atoms with E-state index in [4.69, 9.17) is 16.3 Å². The van der Waals surface area contributed by atoms with Crippen LogP contribution in [-0.2, 0) is 0 Å². The molecule has 116 valence electrons. The molecule has 2 heterocycles. The molecule has 1 aliphatic rings. The third kappa shape index (κ3) is 3.76. The van der Waals surface area contributed by atoms with Gasteiger partial charge < -0.3 is 15.5 Å². The van der Waals surface area contributed by atoms with Gasteiger partial charge >= 0.3 is 0 Å². The molecule has 22 heavy (non-hydrogen) atoms. The van der Waals surface area contributed by atoms with Crippen molar-refractivity contribution >= 4 is 17.3 Å². The first-order chi connectivity index (χ1) is 10.8. The van der Waals surface area contributed by atoms with Crippen LogP contribution in [-0.4, -0.2) is 36.1 Å². The van der Waals surface area contributed by atoms with Crippen molar-refractivity contribution in [3.8, 4) is 12.1 Å². The number of nitrogens with zero attached hydrogens (tertiary/aromatic N) is 6. The van der Waals surface area contributed by atoms with Gasteiger partial charge in [-0.2, -0.15) is 10.5 Å². The summed E-state index contributed by atoms with van der Waals surface area (Å²) in [6, 6.07) is 4.25. The largest absolute Gasteiger partial charge is 0.393 e. The molecular formula is C15H21N7. The third-order valence-corrected chi connectivity index (χ3v) is 3.78. The minimum absolute atomic E-state index is 0.369. The number of nitrogens with two attached hydrogens (primary N) is 1. The number of piperidine rings is 1. The minimum atomic E-state index is 0.369. The van der Waals surface area contributed by atoms with E-state index in [0.717, 1.165) is 31.7 Å². The van der Waals surface area contributed by atoms with Crippen LogP contribution in [0.1, 0.15) is 32.1 Å². The molecule has 2 N–H and O–H groups in total. The van der Waals surface area contributed by atoms with Gasteiger partial charge in [0.25, 0.3) is 0 Å². The predicted molar refractivity (Wildman–Crippen MR) is 85.2 cm³/mol. The van der Waals surface area contributed by atoms with Crippen LogP contribution in [0.15, 0.2) is 6.33 Å². The van der Waals surface area contributed by atoms with Gasteiger partial charge in [-0.15, -0.1) is 0 Å². The van der Waals surface area contributed by atoms with E-state index in [1.807, 2.05) is 4.90 Å². The number of hydrogen-bond acceptors (Lipinski definition) is 7. The summed E-state index contributed by atoms with van der Waals surface area (Å²) in [6.45, 7) is 2.94. The quantitative estimate of drug-likeness (QED) is 0.851. The van der Waals surface area contributed by atoms with Crippen LogP contribution >= 0.6 is 0 Å². The maximum Gasteiger partial charge on any atom is 0.157 e. The van der Waals surface area contributed by atoms with Crippen LogP contribution in [0.4, 0.5) is 17.3 Å². The average Bonchev–Trinajstić information content (AvgIpc) is 2.56. The Balaban J connectivity index is 2.24. The summed E-state index contributed by atoms with van der Waals surface area (Å²) in [5.41, 5.74) is 6.83. The van der Waals surface area contributed by atoms with Crippen molar-refractivity contribution in [2.75, 3.05) is 41.7 Å². The molecule has 0 aromatic carbocycles. The van der Waals surface area contributed by atoms with Gasteiger partial charge in [0.2, 0.25) is 0 Å². The molecule has 0 spiro atoms. The Kier molecular flexibility index (Phi) is 5.79. The van der Waals surface area contributed by atoms with Crippen molar-refractivity contribution in [1.29, 1.82) is 10.5 Å². The van der Waals surface area contributed by atoms with Crippen molar-refractivity contribution < 1.29 is 0 Å². The lowest BCUT2D eigenvalue weighted by Crippen LogP contribution is -2.32. The van der Waals surface area contributed by atoms with Gasteiger partial charge in [-0.3, -0.25) is 0 Å². The molecule has 0 radical (unpaired) electrons. The van der Waals surface area contributed by atoms with Crippen LogP contribution in [0, 0.1) is 22.7 Å². The Morgan fingerprint density at radius 1 is 1.09 bits per heavy atom. The predicted octanol–water partition coefficient (Wildman–Crippen LogP) is 1.68. The van der Waals surface area contributed by atoms with Gasteiger partial charge in [0, 0.05) is 26.2 Å². The Morgan fingerprint density at radius 2 is 1.73 bits per heavy atom. The fourth-order valence-electron chi connectivity index (χ4n) is 2.68. The second-order valence-electron chi connectivity index (χ2n) is 5.29. The van der Waals surface area contributed by atoms with Crippen LogP contribution in [0.5, 0.6) is 0 Å². The summed E-state index contributed by atoms with van der Waals surface area (Å²) in [5.74, 6) is 1.39. The summed E-state index contributed by atoms with van der Waals surface area (Å²) in [6.07, 6.45) is 5.78. The maximum atomic E-state index is 8.80.